The fourth-order valence-corrected chi connectivity index (χ4v) is 4.81. The van der Waals surface area contributed by atoms with Gasteiger partial charge in [0.25, 0.3) is 5.91 Å². The van der Waals surface area contributed by atoms with Crippen molar-refractivity contribution >= 4 is 55.8 Å². The van der Waals surface area contributed by atoms with Gasteiger partial charge >= 0.3 is 12.4 Å². The standard InChI is InChI=1S/C22H17BrF3N7O3S/c23-18-17(19(34)33-9-7-32(8-10-33)16-6-1-13(11-27)12-28-16)30-21(37-18)31-20(35)29-14-2-4-15(5-3-14)36-22(24,25)26/h1-6,12H,7-10H2,(H2,29,30,31,35). The molecule has 0 aliphatic carbocycles. The highest BCUT2D eigenvalue weighted by Gasteiger charge is 2.31. The average molecular weight is 596 g/mol. The molecule has 1 saturated heterocycles. The Labute approximate surface area is 220 Å². The van der Waals surface area contributed by atoms with Crippen LogP contribution in [0.2, 0.25) is 0 Å². The summed E-state index contributed by atoms with van der Waals surface area (Å²) in [5.74, 6) is 0.00435. The van der Waals surface area contributed by atoms with Crippen LogP contribution >= 0.6 is 27.3 Å². The third-order valence-electron chi connectivity index (χ3n) is 5.12. The van der Waals surface area contributed by atoms with Crippen molar-refractivity contribution in [2.24, 2.45) is 0 Å². The number of urea groups is 1. The first kappa shape index (κ1) is 26.2. The summed E-state index contributed by atoms with van der Waals surface area (Å²) in [5, 5.41) is 14.0. The van der Waals surface area contributed by atoms with Crippen LogP contribution in [0.15, 0.2) is 46.4 Å². The summed E-state index contributed by atoms with van der Waals surface area (Å²) in [6.45, 7) is 1.96. The second-order valence-electron chi connectivity index (χ2n) is 7.59. The summed E-state index contributed by atoms with van der Waals surface area (Å²) in [6.07, 6.45) is -3.31. The molecular weight excluding hydrogens is 579 g/mol. The third kappa shape index (κ3) is 6.86. The number of benzene rings is 1. The maximum atomic E-state index is 13.0. The molecule has 4 rings (SSSR count). The lowest BCUT2D eigenvalue weighted by Gasteiger charge is -2.35. The van der Waals surface area contributed by atoms with Crippen molar-refractivity contribution in [3.63, 3.8) is 0 Å². The Morgan fingerprint density at radius 3 is 2.38 bits per heavy atom. The molecule has 3 aromatic rings. The van der Waals surface area contributed by atoms with Gasteiger partial charge in [-0.1, -0.05) is 11.3 Å². The number of nitrogens with zero attached hydrogens (tertiary/aromatic N) is 5. The molecule has 15 heteroatoms. The van der Waals surface area contributed by atoms with Gasteiger partial charge in [-0.05, 0) is 52.3 Å². The number of anilines is 3. The maximum Gasteiger partial charge on any atom is 0.573 e. The highest BCUT2D eigenvalue weighted by molar-refractivity contribution is 9.11. The molecule has 2 aromatic heterocycles. The molecule has 3 amide bonds. The quantitative estimate of drug-likeness (QED) is 0.439. The highest BCUT2D eigenvalue weighted by atomic mass is 79.9. The minimum Gasteiger partial charge on any atom is -0.406 e. The van der Waals surface area contributed by atoms with Gasteiger partial charge in [-0.15, -0.1) is 13.2 Å². The molecule has 0 radical (unpaired) electrons. The number of piperazine rings is 1. The molecule has 1 aliphatic heterocycles. The van der Waals surface area contributed by atoms with Crippen LogP contribution in [0, 0.1) is 11.3 Å². The SMILES string of the molecule is N#Cc1ccc(N2CCN(C(=O)c3nc(NC(=O)Nc4ccc(OC(F)(F)F)cc4)sc3Br)CC2)nc1. The molecule has 192 valence electrons. The number of nitrogens with one attached hydrogen (secondary N) is 2. The predicted octanol–water partition coefficient (Wildman–Crippen LogP) is 4.68. The lowest BCUT2D eigenvalue weighted by Crippen LogP contribution is -2.49. The van der Waals surface area contributed by atoms with E-state index in [0.29, 0.717) is 35.5 Å². The number of thiazole rings is 1. The van der Waals surface area contributed by atoms with E-state index in [2.05, 4.69) is 41.3 Å². The fraction of sp³-hybridized carbons (Fsp3) is 0.227. The number of halogens is 4. The summed E-state index contributed by atoms with van der Waals surface area (Å²) in [5.41, 5.74) is 0.852. The number of hydrogen-bond donors (Lipinski definition) is 2. The second-order valence-corrected chi connectivity index (χ2v) is 9.91. The molecule has 0 unspecified atom stereocenters. The number of amides is 3. The third-order valence-corrected chi connectivity index (χ3v) is 6.74. The molecule has 37 heavy (non-hydrogen) atoms. The van der Waals surface area contributed by atoms with Crippen molar-refractivity contribution < 1.29 is 27.5 Å². The molecule has 2 N–H and O–H groups in total. The molecule has 1 fully saturated rings. The molecular formula is C22H17BrF3N7O3S. The van der Waals surface area contributed by atoms with Crippen LogP contribution in [0.3, 0.4) is 0 Å². The van der Waals surface area contributed by atoms with E-state index in [-0.39, 0.29) is 22.4 Å². The van der Waals surface area contributed by atoms with Gasteiger partial charge in [0.1, 0.15) is 21.4 Å². The molecule has 1 aromatic carbocycles. The summed E-state index contributed by atoms with van der Waals surface area (Å²) >= 11 is 4.37. The maximum absolute atomic E-state index is 13.0. The number of nitriles is 1. The molecule has 0 saturated carbocycles. The highest BCUT2D eigenvalue weighted by Crippen LogP contribution is 2.30. The fourth-order valence-electron chi connectivity index (χ4n) is 3.41. The zero-order chi connectivity index (χ0) is 26.6. The van der Waals surface area contributed by atoms with Gasteiger partial charge in [0.2, 0.25) is 0 Å². The van der Waals surface area contributed by atoms with Crippen LogP contribution in [-0.4, -0.2) is 59.3 Å². The minimum absolute atomic E-state index is 0.152. The first-order valence-electron chi connectivity index (χ1n) is 10.6. The van der Waals surface area contributed by atoms with Crippen LogP contribution in [-0.2, 0) is 0 Å². The number of ether oxygens (including phenoxy) is 1. The van der Waals surface area contributed by atoms with Gasteiger partial charge in [-0.2, -0.15) is 5.26 Å². The van der Waals surface area contributed by atoms with E-state index in [1.165, 1.54) is 18.3 Å². The molecule has 3 heterocycles. The summed E-state index contributed by atoms with van der Waals surface area (Å²) < 4.78 is 41.0. The number of carbonyl (C=O) groups is 2. The normalized spacial score (nSPS) is 13.6. The number of hydrogen-bond acceptors (Lipinski definition) is 8. The minimum atomic E-state index is -4.81. The molecule has 0 bridgehead atoms. The Morgan fingerprint density at radius 1 is 1.08 bits per heavy atom. The van der Waals surface area contributed by atoms with Crippen molar-refractivity contribution in [3.8, 4) is 11.8 Å². The van der Waals surface area contributed by atoms with E-state index in [1.807, 2.05) is 11.0 Å². The summed E-state index contributed by atoms with van der Waals surface area (Å²) in [7, 11) is 0. The molecule has 0 atom stereocenters. The van der Waals surface area contributed by atoms with Gasteiger partial charge in [0, 0.05) is 38.1 Å². The van der Waals surface area contributed by atoms with E-state index in [4.69, 9.17) is 5.26 Å². The summed E-state index contributed by atoms with van der Waals surface area (Å²) in [6, 6.07) is 9.42. The lowest BCUT2D eigenvalue weighted by atomic mass is 10.2. The second kappa shape index (κ2) is 11.0. The lowest BCUT2D eigenvalue weighted by molar-refractivity contribution is -0.274. The topological polar surface area (TPSA) is 123 Å². The molecule has 10 nitrogen and oxygen atoms in total. The number of pyridine rings is 1. The summed E-state index contributed by atoms with van der Waals surface area (Å²) in [4.78, 5) is 37.5. The van der Waals surface area contributed by atoms with Crippen LogP contribution in [0.25, 0.3) is 0 Å². The van der Waals surface area contributed by atoms with Gasteiger partial charge in [-0.25, -0.2) is 14.8 Å². The molecule has 1 aliphatic rings. The van der Waals surface area contributed by atoms with Gasteiger partial charge < -0.3 is 19.9 Å². The van der Waals surface area contributed by atoms with E-state index in [9.17, 15) is 22.8 Å². The van der Waals surface area contributed by atoms with Crippen LogP contribution in [0.1, 0.15) is 16.1 Å². The Morgan fingerprint density at radius 2 is 1.78 bits per heavy atom. The zero-order valence-electron chi connectivity index (χ0n) is 18.8. The average Bonchev–Trinajstić information content (AvgIpc) is 3.23. The largest absolute Gasteiger partial charge is 0.573 e. The number of aromatic nitrogens is 2. The van der Waals surface area contributed by atoms with Crippen LogP contribution in [0.4, 0.5) is 34.6 Å². The Hall–Kier alpha value is -3.90. The van der Waals surface area contributed by atoms with E-state index >= 15 is 0 Å². The predicted molar refractivity (Wildman–Crippen MR) is 133 cm³/mol. The van der Waals surface area contributed by atoms with Crippen molar-refractivity contribution in [3.05, 3.63) is 57.6 Å². The van der Waals surface area contributed by atoms with E-state index < -0.39 is 18.1 Å². The van der Waals surface area contributed by atoms with Crippen LogP contribution < -0.4 is 20.3 Å². The van der Waals surface area contributed by atoms with Crippen LogP contribution in [0.5, 0.6) is 5.75 Å². The van der Waals surface area contributed by atoms with Gasteiger partial charge in [-0.3, -0.25) is 10.1 Å². The van der Waals surface area contributed by atoms with E-state index in [0.717, 1.165) is 29.3 Å². The number of alkyl halides is 3. The first-order valence-corrected chi connectivity index (χ1v) is 12.2. The first-order chi connectivity index (χ1) is 17.6. The van der Waals surface area contributed by atoms with Crippen molar-refractivity contribution in [1.82, 2.24) is 14.9 Å². The van der Waals surface area contributed by atoms with Gasteiger partial charge in [0.15, 0.2) is 10.8 Å². The monoisotopic (exact) mass is 595 g/mol. The van der Waals surface area contributed by atoms with Gasteiger partial charge in [0.05, 0.1) is 5.56 Å². The Bertz CT molecular complexity index is 1320. The zero-order valence-corrected chi connectivity index (χ0v) is 21.2. The van der Waals surface area contributed by atoms with Crippen molar-refractivity contribution in [1.29, 1.82) is 5.26 Å². The number of carbonyl (C=O) groups excluding carboxylic acids is 2. The molecule has 0 spiro atoms. The Balaban J connectivity index is 1.31. The van der Waals surface area contributed by atoms with E-state index in [1.54, 1.807) is 17.0 Å². The van der Waals surface area contributed by atoms with Crippen molar-refractivity contribution in [2.75, 3.05) is 41.7 Å². The number of rotatable bonds is 5. The smallest absolute Gasteiger partial charge is 0.406 e. The Kier molecular flexibility index (Phi) is 7.79. The van der Waals surface area contributed by atoms with Crippen molar-refractivity contribution in [2.45, 2.75) is 6.36 Å².